The van der Waals surface area contributed by atoms with E-state index in [-0.39, 0.29) is 12.1 Å². The van der Waals surface area contributed by atoms with Crippen molar-refractivity contribution in [1.82, 2.24) is 10.2 Å². The quantitative estimate of drug-likeness (QED) is 0.804. The zero-order valence-electron chi connectivity index (χ0n) is 12.0. The maximum Gasteiger partial charge on any atom is 0.326 e. The van der Waals surface area contributed by atoms with E-state index in [2.05, 4.69) is 5.32 Å². The molecule has 0 heterocycles. The normalized spacial score (nSPS) is 14.8. The van der Waals surface area contributed by atoms with Crippen LogP contribution in [0.3, 0.4) is 0 Å². The molecule has 0 aliphatic rings. The topological polar surface area (TPSA) is 69.6 Å². The Morgan fingerprint density at radius 1 is 1.39 bits per heavy atom. The molecule has 0 spiro atoms. The summed E-state index contributed by atoms with van der Waals surface area (Å²) >= 11 is 1.65. The van der Waals surface area contributed by atoms with Crippen molar-refractivity contribution >= 4 is 23.8 Å². The predicted molar refractivity (Wildman–Crippen MR) is 75.0 cm³/mol. The third kappa shape index (κ3) is 5.16. The minimum absolute atomic E-state index is 0.0643. The molecule has 0 saturated carbocycles. The molecule has 0 radical (unpaired) electrons. The van der Waals surface area contributed by atoms with Gasteiger partial charge in [-0.2, -0.15) is 11.8 Å². The zero-order chi connectivity index (χ0) is 14.5. The van der Waals surface area contributed by atoms with Crippen molar-refractivity contribution in [2.45, 2.75) is 39.8 Å². The number of rotatable bonds is 5. The second kappa shape index (κ2) is 6.87. The fraction of sp³-hybridized carbons (Fsp3) is 0.833. The number of aliphatic carboxylic acids is 1. The minimum atomic E-state index is -1.01. The fourth-order valence-corrected chi connectivity index (χ4v) is 2.13. The zero-order valence-corrected chi connectivity index (χ0v) is 12.8. The number of nitrogens with one attached hydrogen (secondary N) is 1. The smallest absolute Gasteiger partial charge is 0.326 e. The van der Waals surface area contributed by atoms with Crippen LogP contribution in [0.25, 0.3) is 0 Å². The molecule has 2 N–H and O–H groups in total. The molecule has 0 aliphatic carbocycles. The molecule has 0 saturated heterocycles. The van der Waals surface area contributed by atoms with Gasteiger partial charge in [0, 0.05) is 18.8 Å². The molecule has 0 rings (SSSR count). The van der Waals surface area contributed by atoms with Crippen molar-refractivity contribution in [2.75, 3.05) is 19.1 Å². The summed E-state index contributed by atoms with van der Waals surface area (Å²) in [6.45, 7) is 7.30. The van der Waals surface area contributed by atoms with Gasteiger partial charge in [-0.15, -0.1) is 0 Å². The summed E-state index contributed by atoms with van der Waals surface area (Å²) in [6, 6.07) is -1.18. The molecule has 5 nitrogen and oxygen atoms in total. The first kappa shape index (κ1) is 17.1. The van der Waals surface area contributed by atoms with E-state index in [0.29, 0.717) is 0 Å². The predicted octanol–water partition coefficient (Wildman–Crippen LogP) is 1.88. The first-order valence-electron chi connectivity index (χ1n) is 5.86. The monoisotopic (exact) mass is 276 g/mol. The first-order chi connectivity index (χ1) is 8.11. The molecule has 6 heteroatoms. The number of hydrogen-bond acceptors (Lipinski definition) is 3. The van der Waals surface area contributed by atoms with E-state index in [4.69, 9.17) is 5.11 Å². The van der Waals surface area contributed by atoms with Gasteiger partial charge in [0.15, 0.2) is 0 Å². The van der Waals surface area contributed by atoms with Gasteiger partial charge in [0.2, 0.25) is 0 Å². The molecule has 2 amide bonds. The molecule has 0 aromatic rings. The van der Waals surface area contributed by atoms with E-state index < -0.39 is 17.4 Å². The minimum Gasteiger partial charge on any atom is -0.480 e. The van der Waals surface area contributed by atoms with Crippen LogP contribution in [-0.2, 0) is 4.79 Å². The first-order valence-corrected chi connectivity index (χ1v) is 7.25. The Balaban J connectivity index is 4.66. The molecule has 2 atom stereocenters. The summed E-state index contributed by atoms with van der Waals surface area (Å²) in [6.07, 6.45) is 1.97. The number of thioether (sulfide) groups is 1. The number of carbonyl (C=O) groups is 2. The molecule has 106 valence electrons. The molecule has 1 unspecified atom stereocenters. The van der Waals surface area contributed by atoms with Gasteiger partial charge < -0.3 is 15.3 Å². The second-order valence-corrected chi connectivity index (χ2v) is 6.41. The SMILES string of the molecule is CSCC(C)N(C)C(=O)N[C@H](C(=O)O)C(C)(C)C. The van der Waals surface area contributed by atoms with E-state index in [9.17, 15) is 9.59 Å². The average Bonchev–Trinajstić information content (AvgIpc) is 2.22. The lowest BCUT2D eigenvalue weighted by Crippen LogP contribution is -2.54. The number of carboxylic acids is 1. The highest BCUT2D eigenvalue weighted by molar-refractivity contribution is 7.98. The Labute approximate surface area is 113 Å². The van der Waals surface area contributed by atoms with Crippen LogP contribution in [0, 0.1) is 5.41 Å². The van der Waals surface area contributed by atoms with Gasteiger partial charge >= 0.3 is 12.0 Å². The molecule has 18 heavy (non-hydrogen) atoms. The van der Waals surface area contributed by atoms with Crippen LogP contribution in [-0.4, -0.2) is 53.1 Å². The molecular weight excluding hydrogens is 252 g/mol. The largest absolute Gasteiger partial charge is 0.480 e. The van der Waals surface area contributed by atoms with Crippen molar-refractivity contribution in [3.63, 3.8) is 0 Å². The number of nitrogens with zero attached hydrogens (tertiary/aromatic N) is 1. The van der Waals surface area contributed by atoms with E-state index in [1.807, 2.05) is 13.2 Å². The second-order valence-electron chi connectivity index (χ2n) is 5.50. The lowest BCUT2D eigenvalue weighted by atomic mass is 9.87. The average molecular weight is 276 g/mol. The maximum atomic E-state index is 12.0. The van der Waals surface area contributed by atoms with Gasteiger partial charge in [-0.05, 0) is 18.6 Å². The molecular formula is C12H24N2O3S. The van der Waals surface area contributed by atoms with Gasteiger partial charge in [0.25, 0.3) is 0 Å². The van der Waals surface area contributed by atoms with Crippen molar-refractivity contribution in [1.29, 1.82) is 0 Å². The van der Waals surface area contributed by atoms with Gasteiger partial charge in [0.05, 0.1) is 0 Å². The summed E-state index contributed by atoms with van der Waals surface area (Å²) in [4.78, 5) is 24.7. The lowest BCUT2D eigenvalue weighted by Gasteiger charge is -2.31. The third-order valence-corrected chi connectivity index (χ3v) is 3.59. The Morgan fingerprint density at radius 2 is 1.89 bits per heavy atom. The number of hydrogen-bond donors (Lipinski definition) is 2. The van der Waals surface area contributed by atoms with Crippen LogP contribution in [0.1, 0.15) is 27.7 Å². The molecule has 0 aliphatic heterocycles. The van der Waals surface area contributed by atoms with E-state index in [1.165, 1.54) is 4.90 Å². The van der Waals surface area contributed by atoms with Crippen LogP contribution in [0.4, 0.5) is 4.79 Å². The highest BCUT2D eigenvalue weighted by Gasteiger charge is 2.33. The molecule has 0 bridgehead atoms. The Hall–Kier alpha value is -0.910. The van der Waals surface area contributed by atoms with Crippen molar-refractivity contribution in [3.8, 4) is 0 Å². The summed E-state index contributed by atoms with van der Waals surface area (Å²) in [7, 11) is 1.68. The number of carboxylic acid groups (broad SMARTS) is 1. The van der Waals surface area contributed by atoms with Crippen molar-refractivity contribution in [3.05, 3.63) is 0 Å². The maximum absolute atomic E-state index is 12.0. The summed E-state index contributed by atoms with van der Waals surface area (Å²) in [5.74, 6) is -0.196. The highest BCUT2D eigenvalue weighted by Crippen LogP contribution is 2.19. The molecule has 0 aromatic carbocycles. The van der Waals surface area contributed by atoms with Crippen LogP contribution in [0.2, 0.25) is 0 Å². The number of carbonyl (C=O) groups excluding carboxylic acids is 1. The van der Waals surface area contributed by atoms with Crippen molar-refractivity contribution in [2.24, 2.45) is 5.41 Å². The van der Waals surface area contributed by atoms with Gasteiger partial charge in [-0.3, -0.25) is 0 Å². The van der Waals surface area contributed by atoms with Crippen LogP contribution in [0.15, 0.2) is 0 Å². The lowest BCUT2D eigenvalue weighted by molar-refractivity contribution is -0.142. The standard InChI is InChI=1S/C12H24N2O3S/c1-8(7-18-6)14(5)11(17)13-9(10(15)16)12(2,3)4/h8-9H,7H2,1-6H3,(H,13,17)(H,15,16)/t8?,9-/m1/s1. The summed E-state index contributed by atoms with van der Waals surface area (Å²) in [5.41, 5.74) is -0.523. The molecule has 0 fully saturated rings. The van der Waals surface area contributed by atoms with E-state index in [1.54, 1.807) is 39.6 Å². The summed E-state index contributed by atoms with van der Waals surface area (Å²) in [5, 5.41) is 11.7. The summed E-state index contributed by atoms with van der Waals surface area (Å²) < 4.78 is 0. The highest BCUT2D eigenvalue weighted by atomic mass is 32.2. The number of amides is 2. The van der Waals surface area contributed by atoms with Crippen molar-refractivity contribution < 1.29 is 14.7 Å². The number of urea groups is 1. The van der Waals surface area contributed by atoms with Crippen LogP contribution >= 0.6 is 11.8 Å². The Bertz CT molecular complexity index is 302. The van der Waals surface area contributed by atoms with Crippen LogP contribution < -0.4 is 5.32 Å². The third-order valence-electron chi connectivity index (χ3n) is 2.77. The van der Waals surface area contributed by atoms with Gasteiger partial charge in [-0.25, -0.2) is 9.59 Å². The van der Waals surface area contributed by atoms with E-state index >= 15 is 0 Å². The van der Waals surface area contributed by atoms with E-state index in [0.717, 1.165) is 5.75 Å². The fourth-order valence-electron chi connectivity index (χ4n) is 1.43. The Morgan fingerprint density at radius 3 is 2.22 bits per heavy atom. The van der Waals surface area contributed by atoms with Gasteiger partial charge in [0.1, 0.15) is 6.04 Å². The Kier molecular flexibility index (Phi) is 6.52. The van der Waals surface area contributed by atoms with Gasteiger partial charge in [-0.1, -0.05) is 20.8 Å². The van der Waals surface area contributed by atoms with Crippen LogP contribution in [0.5, 0.6) is 0 Å². The molecule has 0 aromatic heterocycles.